The maximum Gasteiger partial charge on any atom is 0.271 e. The highest BCUT2D eigenvalue weighted by molar-refractivity contribution is 6.33. The summed E-state index contributed by atoms with van der Waals surface area (Å²) in [5, 5.41) is 26.6. The van der Waals surface area contributed by atoms with E-state index in [-0.39, 0.29) is 29.2 Å². The monoisotopic (exact) mass is 492 g/mol. The van der Waals surface area contributed by atoms with Crippen molar-refractivity contribution in [3.05, 3.63) is 98.9 Å². The lowest BCUT2D eigenvalue weighted by Crippen LogP contribution is -2.30. The van der Waals surface area contributed by atoms with E-state index < -0.39 is 11.0 Å². The van der Waals surface area contributed by atoms with Crippen LogP contribution in [0.4, 0.5) is 17.3 Å². The molecule has 0 fully saturated rings. The number of carbonyl (C=O) groups is 1. The van der Waals surface area contributed by atoms with Gasteiger partial charge in [0.2, 0.25) is 5.95 Å². The first-order chi connectivity index (χ1) is 16.9. The summed E-state index contributed by atoms with van der Waals surface area (Å²) in [5.41, 5.74) is 3.40. The molecule has 0 saturated carbocycles. The Kier molecular flexibility index (Phi) is 7.04. The van der Waals surface area contributed by atoms with E-state index in [0.717, 1.165) is 11.1 Å². The van der Waals surface area contributed by atoms with E-state index in [9.17, 15) is 20.0 Å². The molecule has 10 nitrogen and oxygen atoms in total. The number of benzene rings is 2. The molecule has 1 amide bonds. The number of amides is 1. The Labute approximate surface area is 205 Å². The van der Waals surface area contributed by atoms with E-state index in [2.05, 4.69) is 25.6 Å². The van der Waals surface area contributed by atoms with Gasteiger partial charge >= 0.3 is 0 Å². The number of anilines is 2. The SMILES string of the molecule is Cc1cnc(Nc2ccc([N+](=O)[O-])cc2Cl)nc1-c1c[nH]c(C(=O)NC(CO)c2ccccc2)c1. The zero-order chi connectivity index (χ0) is 24.9. The van der Waals surface area contributed by atoms with E-state index in [1.807, 2.05) is 37.3 Å². The number of aliphatic hydroxyl groups is 1. The third-order valence-corrected chi connectivity index (χ3v) is 5.59. The summed E-state index contributed by atoms with van der Waals surface area (Å²) in [6.07, 6.45) is 3.28. The fourth-order valence-corrected chi connectivity index (χ4v) is 3.67. The molecule has 0 saturated heterocycles. The Balaban J connectivity index is 1.53. The maximum atomic E-state index is 12.8. The lowest BCUT2D eigenvalue weighted by atomic mass is 10.1. The molecule has 178 valence electrons. The van der Waals surface area contributed by atoms with Crippen molar-refractivity contribution in [2.75, 3.05) is 11.9 Å². The summed E-state index contributed by atoms with van der Waals surface area (Å²) in [5.74, 6) is -0.139. The number of carbonyl (C=O) groups excluding carboxylic acids is 1. The number of aromatic amines is 1. The van der Waals surface area contributed by atoms with Gasteiger partial charge in [-0.05, 0) is 30.2 Å². The van der Waals surface area contributed by atoms with Gasteiger partial charge in [-0.25, -0.2) is 9.97 Å². The van der Waals surface area contributed by atoms with Crippen molar-refractivity contribution >= 4 is 34.8 Å². The fourth-order valence-electron chi connectivity index (χ4n) is 3.45. The van der Waals surface area contributed by atoms with Gasteiger partial charge in [-0.1, -0.05) is 41.9 Å². The highest BCUT2D eigenvalue weighted by Crippen LogP contribution is 2.29. The zero-order valence-corrected chi connectivity index (χ0v) is 19.3. The first kappa shape index (κ1) is 23.9. The number of aryl methyl sites for hydroxylation is 1. The molecular formula is C24H21ClN6O4. The zero-order valence-electron chi connectivity index (χ0n) is 18.5. The molecule has 0 aliphatic carbocycles. The second-order valence-electron chi connectivity index (χ2n) is 7.69. The van der Waals surface area contributed by atoms with Gasteiger partial charge in [0.1, 0.15) is 5.69 Å². The van der Waals surface area contributed by atoms with E-state index in [0.29, 0.717) is 22.6 Å². The van der Waals surface area contributed by atoms with Crippen molar-refractivity contribution < 1.29 is 14.8 Å². The number of nitro groups is 1. The molecule has 0 radical (unpaired) electrons. The average Bonchev–Trinajstić information content (AvgIpc) is 3.35. The van der Waals surface area contributed by atoms with Crippen LogP contribution in [0.3, 0.4) is 0 Å². The fraction of sp³-hybridized carbons (Fsp3) is 0.125. The number of non-ortho nitro benzene ring substituents is 1. The van der Waals surface area contributed by atoms with Crippen LogP contribution in [0.5, 0.6) is 0 Å². The molecule has 35 heavy (non-hydrogen) atoms. The number of nitrogens with one attached hydrogen (secondary N) is 3. The number of nitrogens with zero attached hydrogens (tertiary/aromatic N) is 3. The largest absolute Gasteiger partial charge is 0.394 e. The van der Waals surface area contributed by atoms with Crippen molar-refractivity contribution in [2.45, 2.75) is 13.0 Å². The van der Waals surface area contributed by atoms with Gasteiger partial charge in [0.15, 0.2) is 0 Å². The highest BCUT2D eigenvalue weighted by atomic mass is 35.5. The highest BCUT2D eigenvalue weighted by Gasteiger charge is 2.18. The Morgan fingerprint density at radius 2 is 2.00 bits per heavy atom. The quantitative estimate of drug-likeness (QED) is 0.208. The minimum absolute atomic E-state index is 0.125. The smallest absolute Gasteiger partial charge is 0.271 e. The molecule has 1 unspecified atom stereocenters. The number of hydrogen-bond donors (Lipinski definition) is 4. The van der Waals surface area contributed by atoms with Gasteiger partial charge in [-0.2, -0.15) is 0 Å². The van der Waals surface area contributed by atoms with Gasteiger partial charge in [-0.15, -0.1) is 0 Å². The van der Waals surface area contributed by atoms with Crippen LogP contribution in [0.2, 0.25) is 5.02 Å². The van der Waals surface area contributed by atoms with Crippen LogP contribution >= 0.6 is 11.6 Å². The van der Waals surface area contributed by atoms with Gasteiger partial charge in [0, 0.05) is 30.1 Å². The van der Waals surface area contributed by atoms with Crippen LogP contribution in [0.25, 0.3) is 11.3 Å². The third kappa shape index (κ3) is 5.45. The molecule has 4 rings (SSSR count). The van der Waals surface area contributed by atoms with Crippen molar-refractivity contribution in [2.24, 2.45) is 0 Å². The second kappa shape index (κ2) is 10.3. The summed E-state index contributed by atoms with van der Waals surface area (Å²) in [7, 11) is 0. The molecule has 2 heterocycles. The molecule has 11 heteroatoms. The molecule has 1 atom stereocenters. The predicted molar refractivity (Wildman–Crippen MR) is 132 cm³/mol. The lowest BCUT2D eigenvalue weighted by molar-refractivity contribution is -0.384. The molecule has 2 aromatic heterocycles. The van der Waals surface area contributed by atoms with Crippen LogP contribution in [-0.4, -0.2) is 37.5 Å². The summed E-state index contributed by atoms with van der Waals surface area (Å²) in [4.78, 5) is 34.9. The normalized spacial score (nSPS) is 11.6. The number of aliphatic hydroxyl groups excluding tert-OH is 1. The van der Waals surface area contributed by atoms with Gasteiger partial charge in [0.05, 0.1) is 34.0 Å². The summed E-state index contributed by atoms with van der Waals surface area (Å²) in [6.45, 7) is 1.59. The van der Waals surface area contributed by atoms with Crippen LogP contribution in [0.1, 0.15) is 27.7 Å². The molecule has 2 aromatic carbocycles. The van der Waals surface area contributed by atoms with Crippen molar-refractivity contribution in [3.8, 4) is 11.3 Å². The molecule has 0 spiro atoms. The number of nitro benzene ring substituents is 1. The topological polar surface area (TPSA) is 146 Å². The minimum Gasteiger partial charge on any atom is -0.394 e. The molecular weight excluding hydrogens is 472 g/mol. The summed E-state index contributed by atoms with van der Waals surface area (Å²) in [6, 6.07) is 14.4. The van der Waals surface area contributed by atoms with Crippen LogP contribution in [-0.2, 0) is 0 Å². The van der Waals surface area contributed by atoms with E-state index in [1.165, 1.54) is 18.2 Å². The van der Waals surface area contributed by atoms with Gasteiger partial charge in [-0.3, -0.25) is 14.9 Å². The number of H-pyrrole nitrogens is 1. The predicted octanol–water partition coefficient (Wildman–Crippen LogP) is 4.55. The lowest BCUT2D eigenvalue weighted by Gasteiger charge is -2.16. The van der Waals surface area contributed by atoms with Gasteiger partial charge < -0.3 is 20.7 Å². The van der Waals surface area contributed by atoms with Crippen molar-refractivity contribution in [1.82, 2.24) is 20.3 Å². The van der Waals surface area contributed by atoms with Crippen LogP contribution < -0.4 is 10.6 Å². The van der Waals surface area contributed by atoms with Crippen LogP contribution in [0, 0.1) is 17.0 Å². The van der Waals surface area contributed by atoms with E-state index in [4.69, 9.17) is 11.6 Å². The molecule has 4 N–H and O–H groups in total. The van der Waals surface area contributed by atoms with Gasteiger partial charge in [0.25, 0.3) is 11.6 Å². The Hall–Kier alpha value is -4.28. The summed E-state index contributed by atoms with van der Waals surface area (Å²) < 4.78 is 0. The maximum absolute atomic E-state index is 12.8. The molecule has 0 aliphatic rings. The third-order valence-electron chi connectivity index (χ3n) is 5.27. The molecule has 0 aliphatic heterocycles. The van der Waals surface area contributed by atoms with E-state index in [1.54, 1.807) is 18.5 Å². The summed E-state index contributed by atoms with van der Waals surface area (Å²) >= 11 is 6.16. The Bertz CT molecular complexity index is 1380. The first-order valence-electron chi connectivity index (χ1n) is 10.6. The number of rotatable bonds is 8. The van der Waals surface area contributed by atoms with Crippen molar-refractivity contribution in [1.29, 1.82) is 0 Å². The van der Waals surface area contributed by atoms with Crippen LogP contribution in [0.15, 0.2) is 67.0 Å². The Morgan fingerprint density at radius 1 is 1.23 bits per heavy atom. The van der Waals surface area contributed by atoms with Crippen molar-refractivity contribution in [3.63, 3.8) is 0 Å². The molecule has 0 bridgehead atoms. The molecule has 4 aromatic rings. The number of aromatic nitrogens is 3. The number of hydrogen-bond acceptors (Lipinski definition) is 7. The number of halogens is 1. The van der Waals surface area contributed by atoms with E-state index >= 15 is 0 Å². The minimum atomic E-state index is -0.543. The first-order valence-corrected chi connectivity index (χ1v) is 10.9. The Morgan fingerprint density at radius 3 is 2.69 bits per heavy atom. The second-order valence-corrected chi connectivity index (χ2v) is 8.10. The average molecular weight is 493 g/mol. The standard InChI is InChI=1S/C24H21ClN6O4/c1-14-11-27-24(29-19-8-7-17(31(34)35)10-18(19)25)30-22(14)16-9-20(26-12-16)23(33)28-21(13-32)15-5-3-2-4-6-15/h2-12,21,26,32H,13H2,1H3,(H,28,33)(H,27,29,30).